The van der Waals surface area contributed by atoms with Gasteiger partial charge in [-0.3, -0.25) is 0 Å². The van der Waals surface area contributed by atoms with Crippen molar-refractivity contribution >= 4 is 11.8 Å². The zero-order valence-electron chi connectivity index (χ0n) is 9.61. The fraction of sp³-hybridized carbons (Fsp3) is 0.538. The van der Waals surface area contributed by atoms with Gasteiger partial charge in [0.25, 0.3) is 0 Å². The van der Waals surface area contributed by atoms with Crippen LogP contribution in [0.1, 0.15) is 24.0 Å². The minimum absolute atomic E-state index is 0.127. The SMILES string of the molecule is Cc1cc(SCC2CCCO2)ccc1CO. The Kier molecular flexibility index (Phi) is 4.27. The summed E-state index contributed by atoms with van der Waals surface area (Å²) in [4.78, 5) is 1.27. The predicted molar refractivity (Wildman–Crippen MR) is 66.8 cm³/mol. The van der Waals surface area contributed by atoms with Gasteiger partial charge in [0.2, 0.25) is 0 Å². The summed E-state index contributed by atoms with van der Waals surface area (Å²) in [5.74, 6) is 1.04. The van der Waals surface area contributed by atoms with E-state index in [1.807, 2.05) is 24.8 Å². The van der Waals surface area contributed by atoms with Gasteiger partial charge in [-0.1, -0.05) is 6.07 Å². The third-order valence-electron chi connectivity index (χ3n) is 2.94. The van der Waals surface area contributed by atoms with E-state index in [0.717, 1.165) is 17.9 Å². The van der Waals surface area contributed by atoms with Gasteiger partial charge in [-0.05, 0) is 43.0 Å². The van der Waals surface area contributed by atoms with E-state index < -0.39 is 0 Å². The molecule has 3 heteroatoms. The first-order valence-corrected chi connectivity index (χ1v) is 6.73. The number of benzene rings is 1. The lowest BCUT2D eigenvalue weighted by Crippen LogP contribution is -2.07. The van der Waals surface area contributed by atoms with E-state index in [0.29, 0.717) is 6.10 Å². The maximum absolute atomic E-state index is 9.09. The van der Waals surface area contributed by atoms with Crippen LogP contribution in [0.25, 0.3) is 0 Å². The quantitative estimate of drug-likeness (QED) is 0.818. The molecule has 1 aromatic rings. The summed E-state index contributed by atoms with van der Waals surface area (Å²) >= 11 is 1.84. The molecule has 0 spiro atoms. The Morgan fingerprint density at radius 1 is 1.50 bits per heavy atom. The molecule has 1 unspecified atom stereocenters. The Morgan fingerprint density at radius 2 is 2.38 bits per heavy atom. The summed E-state index contributed by atoms with van der Waals surface area (Å²) in [5, 5.41) is 9.09. The number of thioether (sulfide) groups is 1. The first-order chi connectivity index (χ1) is 7.79. The third-order valence-corrected chi connectivity index (χ3v) is 4.07. The molecule has 1 fully saturated rings. The van der Waals surface area contributed by atoms with Crippen LogP contribution in [0.5, 0.6) is 0 Å². The molecule has 0 amide bonds. The monoisotopic (exact) mass is 238 g/mol. The van der Waals surface area contributed by atoms with Crippen LogP contribution in [0.3, 0.4) is 0 Å². The Labute approximate surface area is 101 Å². The summed E-state index contributed by atoms with van der Waals surface area (Å²) in [6.07, 6.45) is 2.83. The molecular formula is C13H18O2S. The van der Waals surface area contributed by atoms with Crippen LogP contribution in [0.4, 0.5) is 0 Å². The van der Waals surface area contributed by atoms with Crippen LogP contribution in [0, 0.1) is 6.92 Å². The number of hydrogen-bond acceptors (Lipinski definition) is 3. The minimum Gasteiger partial charge on any atom is -0.392 e. The second kappa shape index (κ2) is 5.71. The summed E-state index contributed by atoms with van der Waals surface area (Å²) in [7, 11) is 0. The van der Waals surface area contributed by atoms with E-state index in [1.54, 1.807) is 0 Å². The molecule has 0 radical (unpaired) electrons. The molecule has 1 saturated heterocycles. The van der Waals surface area contributed by atoms with Gasteiger partial charge >= 0.3 is 0 Å². The topological polar surface area (TPSA) is 29.5 Å². The highest BCUT2D eigenvalue weighted by Gasteiger charge is 2.15. The summed E-state index contributed by atoms with van der Waals surface area (Å²) in [5.41, 5.74) is 2.18. The second-order valence-corrected chi connectivity index (χ2v) is 5.29. The highest BCUT2D eigenvalue weighted by atomic mass is 32.2. The number of aliphatic hydroxyl groups is 1. The number of aryl methyl sites for hydroxylation is 1. The van der Waals surface area contributed by atoms with Crippen LogP contribution in [-0.4, -0.2) is 23.6 Å². The molecule has 2 nitrogen and oxygen atoms in total. The second-order valence-electron chi connectivity index (χ2n) is 4.19. The van der Waals surface area contributed by atoms with Crippen LogP contribution >= 0.6 is 11.8 Å². The maximum Gasteiger partial charge on any atom is 0.0684 e. The van der Waals surface area contributed by atoms with Crippen molar-refractivity contribution in [2.75, 3.05) is 12.4 Å². The molecule has 1 N–H and O–H groups in total. The van der Waals surface area contributed by atoms with Crippen molar-refractivity contribution in [1.29, 1.82) is 0 Å². The molecule has 1 heterocycles. The van der Waals surface area contributed by atoms with Gasteiger partial charge in [0, 0.05) is 17.3 Å². The van der Waals surface area contributed by atoms with Crippen LogP contribution < -0.4 is 0 Å². The molecule has 1 aliphatic rings. The normalized spacial score (nSPS) is 20.2. The highest BCUT2D eigenvalue weighted by Crippen LogP contribution is 2.25. The van der Waals surface area contributed by atoms with Crippen molar-refractivity contribution < 1.29 is 9.84 Å². The number of hydrogen-bond donors (Lipinski definition) is 1. The van der Waals surface area contributed by atoms with Crippen molar-refractivity contribution in [2.24, 2.45) is 0 Å². The molecule has 16 heavy (non-hydrogen) atoms. The van der Waals surface area contributed by atoms with Gasteiger partial charge in [-0.2, -0.15) is 0 Å². The van der Waals surface area contributed by atoms with Gasteiger partial charge in [0.05, 0.1) is 12.7 Å². The van der Waals surface area contributed by atoms with E-state index >= 15 is 0 Å². The zero-order chi connectivity index (χ0) is 11.4. The average molecular weight is 238 g/mol. The number of aliphatic hydroxyl groups excluding tert-OH is 1. The van der Waals surface area contributed by atoms with Crippen molar-refractivity contribution in [3.05, 3.63) is 29.3 Å². The largest absolute Gasteiger partial charge is 0.392 e. The van der Waals surface area contributed by atoms with Crippen molar-refractivity contribution in [3.63, 3.8) is 0 Å². The molecule has 88 valence electrons. The standard InChI is InChI=1S/C13H18O2S/c1-10-7-13(5-4-11(10)8-14)16-9-12-3-2-6-15-12/h4-5,7,12,14H,2-3,6,8-9H2,1H3. The molecule has 1 aliphatic heterocycles. The zero-order valence-corrected chi connectivity index (χ0v) is 10.4. The van der Waals surface area contributed by atoms with E-state index in [1.165, 1.54) is 23.3 Å². The minimum atomic E-state index is 0.127. The average Bonchev–Trinajstić information content (AvgIpc) is 2.79. The number of ether oxygens (including phenoxy) is 1. The molecule has 0 aromatic heterocycles. The van der Waals surface area contributed by atoms with Crippen LogP contribution in [0.2, 0.25) is 0 Å². The lowest BCUT2D eigenvalue weighted by Gasteiger charge is -2.10. The van der Waals surface area contributed by atoms with Gasteiger partial charge in [0.15, 0.2) is 0 Å². The number of rotatable bonds is 4. The molecular weight excluding hydrogens is 220 g/mol. The smallest absolute Gasteiger partial charge is 0.0684 e. The van der Waals surface area contributed by atoms with Crippen LogP contribution in [-0.2, 0) is 11.3 Å². The molecule has 0 aliphatic carbocycles. The summed E-state index contributed by atoms with van der Waals surface area (Å²) in [6, 6.07) is 6.23. The summed E-state index contributed by atoms with van der Waals surface area (Å²) < 4.78 is 5.59. The Hall–Kier alpha value is -0.510. The molecule has 2 rings (SSSR count). The van der Waals surface area contributed by atoms with Gasteiger partial charge < -0.3 is 9.84 Å². The highest BCUT2D eigenvalue weighted by molar-refractivity contribution is 7.99. The van der Waals surface area contributed by atoms with E-state index in [4.69, 9.17) is 9.84 Å². The van der Waals surface area contributed by atoms with E-state index in [2.05, 4.69) is 12.1 Å². The van der Waals surface area contributed by atoms with Gasteiger partial charge in [-0.25, -0.2) is 0 Å². The Bertz CT molecular complexity index is 346. The Morgan fingerprint density at radius 3 is 3.00 bits per heavy atom. The van der Waals surface area contributed by atoms with E-state index in [9.17, 15) is 0 Å². The molecule has 1 atom stereocenters. The van der Waals surface area contributed by atoms with Crippen LogP contribution in [0.15, 0.2) is 23.1 Å². The third kappa shape index (κ3) is 3.00. The molecule has 0 saturated carbocycles. The van der Waals surface area contributed by atoms with Gasteiger partial charge in [0.1, 0.15) is 0 Å². The Balaban J connectivity index is 1.91. The van der Waals surface area contributed by atoms with Crippen molar-refractivity contribution in [2.45, 2.75) is 37.4 Å². The fourth-order valence-corrected chi connectivity index (χ4v) is 2.97. The van der Waals surface area contributed by atoms with E-state index in [-0.39, 0.29) is 6.61 Å². The summed E-state index contributed by atoms with van der Waals surface area (Å²) in [6.45, 7) is 3.10. The molecule has 0 bridgehead atoms. The first-order valence-electron chi connectivity index (χ1n) is 5.74. The molecule has 1 aromatic carbocycles. The predicted octanol–water partition coefficient (Wildman–Crippen LogP) is 2.76. The van der Waals surface area contributed by atoms with Gasteiger partial charge in [-0.15, -0.1) is 11.8 Å². The lowest BCUT2D eigenvalue weighted by molar-refractivity contribution is 0.129. The van der Waals surface area contributed by atoms with Crippen molar-refractivity contribution in [1.82, 2.24) is 0 Å². The first kappa shape index (κ1) is 12.0. The fourth-order valence-electron chi connectivity index (χ4n) is 1.90. The lowest BCUT2D eigenvalue weighted by atomic mass is 10.1. The maximum atomic E-state index is 9.09. The van der Waals surface area contributed by atoms with Crippen molar-refractivity contribution in [3.8, 4) is 0 Å².